The van der Waals surface area contributed by atoms with Gasteiger partial charge in [0.05, 0.1) is 18.2 Å². The zero-order valence-electron chi connectivity index (χ0n) is 13.6. The minimum Gasteiger partial charge on any atom is -0.441 e. The Morgan fingerprint density at radius 3 is 2.79 bits per heavy atom. The Labute approximate surface area is 139 Å². The fraction of sp³-hybridized carbons (Fsp3) is 0.294. The number of aromatic amines is 1. The molecule has 0 radical (unpaired) electrons. The van der Waals surface area contributed by atoms with Gasteiger partial charge in [-0.1, -0.05) is 25.1 Å². The van der Waals surface area contributed by atoms with Gasteiger partial charge < -0.3 is 9.73 Å². The van der Waals surface area contributed by atoms with E-state index in [-0.39, 0.29) is 18.4 Å². The molecule has 0 saturated carbocycles. The molecule has 0 fully saturated rings. The molecule has 3 rings (SSSR count). The van der Waals surface area contributed by atoms with E-state index in [2.05, 4.69) is 25.5 Å². The van der Waals surface area contributed by atoms with Crippen molar-refractivity contribution in [2.75, 3.05) is 0 Å². The lowest BCUT2D eigenvalue weighted by molar-refractivity contribution is -0.121. The van der Waals surface area contributed by atoms with Gasteiger partial charge in [0, 0.05) is 5.56 Å². The van der Waals surface area contributed by atoms with Gasteiger partial charge in [0.15, 0.2) is 0 Å². The number of hydrogen-bond donors (Lipinski definition) is 2. The standard InChI is InChI=1S/C17H19N5O2/c1-3-13(16-18-10-19-22-16)20-15(23)9-14-11(2)24-17(21-14)12-7-5-4-6-8-12/h4-8,10,13H,3,9H2,1-2H3,(H,20,23)(H,18,19,22)/t13-/m1/s1. The van der Waals surface area contributed by atoms with Crippen molar-refractivity contribution < 1.29 is 9.21 Å². The molecule has 0 spiro atoms. The molecule has 0 aliphatic rings. The second-order valence-electron chi connectivity index (χ2n) is 5.46. The smallest absolute Gasteiger partial charge is 0.226 e. The van der Waals surface area contributed by atoms with Gasteiger partial charge in [-0.2, -0.15) is 5.10 Å². The van der Waals surface area contributed by atoms with Crippen molar-refractivity contribution in [3.8, 4) is 11.5 Å². The number of amides is 1. The number of carbonyl (C=O) groups excluding carboxylic acids is 1. The molecule has 1 aromatic carbocycles. The van der Waals surface area contributed by atoms with Crippen LogP contribution in [0.2, 0.25) is 0 Å². The molecule has 2 aromatic heterocycles. The van der Waals surface area contributed by atoms with Crippen LogP contribution >= 0.6 is 0 Å². The number of aromatic nitrogens is 4. The summed E-state index contributed by atoms with van der Waals surface area (Å²) < 4.78 is 5.69. The minimum atomic E-state index is -0.194. The van der Waals surface area contributed by atoms with E-state index in [0.29, 0.717) is 29.6 Å². The van der Waals surface area contributed by atoms with Crippen LogP contribution in [0.3, 0.4) is 0 Å². The van der Waals surface area contributed by atoms with Crippen LogP contribution < -0.4 is 5.32 Å². The summed E-state index contributed by atoms with van der Waals surface area (Å²) in [6.45, 7) is 3.79. The zero-order valence-corrected chi connectivity index (χ0v) is 13.6. The van der Waals surface area contributed by atoms with Crippen molar-refractivity contribution in [3.05, 3.63) is 53.9 Å². The largest absolute Gasteiger partial charge is 0.441 e. The van der Waals surface area contributed by atoms with E-state index < -0.39 is 0 Å². The number of hydrogen-bond acceptors (Lipinski definition) is 5. The average molecular weight is 325 g/mol. The van der Waals surface area contributed by atoms with E-state index in [1.165, 1.54) is 6.33 Å². The van der Waals surface area contributed by atoms with E-state index >= 15 is 0 Å². The topological polar surface area (TPSA) is 96.7 Å². The number of benzene rings is 1. The van der Waals surface area contributed by atoms with Crippen molar-refractivity contribution in [3.63, 3.8) is 0 Å². The van der Waals surface area contributed by atoms with Gasteiger partial charge in [-0.05, 0) is 25.5 Å². The Bertz CT molecular complexity index is 796. The Kier molecular flexibility index (Phi) is 4.69. The molecule has 3 aromatic rings. The van der Waals surface area contributed by atoms with Crippen LogP contribution in [-0.4, -0.2) is 26.1 Å². The summed E-state index contributed by atoms with van der Waals surface area (Å²) >= 11 is 0. The molecule has 7 nitrogen and oxygen atoms in total. The number of nitrogens with one attached hydrogen (secondary N) is 2. The lowest BCUT2D eigenvalue weighted by atomic mass is 10.2. The first kappa shape index (κ1) is 15.9. The van der Waals surface area contributed by atoms with Gasteiger partial charge in [-0.25, -0.2) is 9.97 Å². The molecule has 1 atom stereocenters. The fourth-order valence-corrected chi connectivity index (χ4v) is 2.44. The quantitative estimate of drug-likeness (QED) is 0.726. The first-order valence-corrected chi connectivity index (χ1v) is 7.83. The molecule has 24 heavy (non-hydrogen) atoms. The second kappa shape index (κ2) is 7.08. The Morgan fingerprint density at radius 2 is 2.12 bits per heavy atom. The molecule has 2 heterocycles. The van der Waals surface area contributed by atoms with Crippen LogP contribution in [0.25, 0.3) is 11.5 Å². The normalized spacial score (nSPS) is 12.1. The molecule has 0 aliphatic heterocycles. The summed E-state index contributed by atoms with van der Waals surface area (Å²) in [7, 11) is 0. The van der Waals surface area contributed by atoms with Gasteiger partial charge >= 0.3 is 0 Å². The predicted molar refractivity (Wildman–Crippen MR) is 87.9 cm³/mol. The fourth-order valence-electron chi connectivity index (χ4n) is 2.44. The molecule has 2 N–H and O–H groups in total. The number of oxazole rings is 1. The van der Waals surface area contributed by atoms with E-state index in [9.17, 15) is 4.79 Å². The first-order valence-electron chi connectivity index (χ1n) is 7.83. The van der Waals surface area contributed by atoms with E-state index in [1.54, 1.807) is 0 Å². The number of carbonyl (C=O) groups is 1. The maximum absolute atomic E-state index is 12.3. The van der Waals surface area contributed by atoms with Crippen LogP contribution in [0.5, 0.6) is 0 Å². The Balaban J connectivity index is 1.69. The monoisotopic (exact) mass is 325 g/mol. The third-order valence-corrected chi connectivity index (χ3v) is 3.75. The zero-order chi connectivity index (χ0) is 16.9. The van der Waals surface area contributed by atoms with Crippen molar-refractivity contribution in [2.24, 2.45) is 0 Å². The summed E-state index contributed by atoms with van der Waals surface area (Å²) in [5.41, 5.74) is 1.53. The molecule has 0 saturated heterocycles. The average Bonchev–Trinajstić information content (AvgIpc) is 3.24. The number of rotatable bonds is 6. The first-order chi connectivity index (χ1) is 11.7. The van der Waals surface area contributed by atoms with Gasteiger partial charge in [0.2, 0.25) is 11.8 Å². The van der Waals surface area contributed by atoms with Gasteiger partial charge in [0.25, 0.3) is 0 Å². The Hall–Kier alpha value is -2.96. The second-order valence-corrected chi connectivity index (χ2v) is 5.46. The third kappa shape index (κ3) is 3.51. The molecule has 0 unspecified atom stereocenters. The van der Waals surface area contributed by atoms with E-state index in [4.69, 9.17) is 4.42 Å². The van der Waals surface area contributed by atoms with E-state index in [0.717, 1.165) is 5.56 Å². The number of aryl methyl sites for hydroxylation is 1. The third-order valence-electron chi connectivity index (χ3n) is 3.75. The Morgan fingerprint density at radius 1 is 1.33 bits per heavy atom. The maximum Gasteiger partial charge on any atom is 0.226 e. The van der Waals surface area contributed by atoms with Crippen LogP contribution in [0.15, 0.2) is 41.1 Å². The van der Waals surface area contributed by atoms with E-state index in [1.807, 2.05) is 44.2 Å². The highest BCUT2D eigenvalue weighted by molar-refractivity contribution is 5.78. The molecule has 1 amide bonds. The SMILES string of the molecule is CC[C@@H](NC(=O)Cc1nc(-c2ccccc2)oc1C)c1ncn[nH]1. The van der Waals surface area contributed by atoms with Crippen molar-refractivity contribution in [1.29, 1.82) is 0 Å². The predicted octanol–water partition coefficient (Wildman–Crippen LogP) is 2.58. The summed E-state index contributed by atoms with van der Waals surface area (Å²) in [4.78, 5) is 20.9. The number of nitrogens with zero attached hydrogens (tertiary/aromatic N) is 3. The van der Waals surface area contributed by atoms with Crippen molar-refractivity contribution in [2.45, 2.75) is 32.7 Å². The van der Waals surface area contributed by atoms with Crippen LogP contribution in [0.1, 0.15) is 36.7 Å². The van der Waals surface area contributed by atoms with Crippen molar-refractivity contribution in [1.82, 2.24) is 25.5 Å². The maximum atomic E-state index is 12.3. The van der Waals surface area contributed by atoms with Crippen molar-refractivity contribution >= 4 is 5.91 Å². The highest BCUT2D eigenvalue weighted by Gasteiger charge is 2.18. The molecule has 0 aliphatic carbocycles. The molecular weight excluding hydrogens is 306 g/mol. The van der Waals surface area contributed by atoms with Crippen LogP contribution in [-0.2, 0) is 11.2 Å². The van der Waals surface area contributed by atoms with Gasteiger partial charge in [0.1, 0.15) is 17.9 Å². The molecule has 124 valence electrons. The molecular formula is C17H19N5O2. The minimum absolute atomic E-state index is 0.130. The lowest BCUT2D eigenvalue weighted by Crippen LogP contribution is -2.30. The molecule has 7 heteroatoms. The van der Waals surface area contributed by atoms with Gasteiger partial charge in [-0.3, -0.25) is 9.89 Å². The highest BCUT2D eigenvalue weighted by Crippen LogP contribution is 2.22. The summed E-state index contributed by atoms with van der Waals surface area (Å²) in [5.74, 6) is 1.69. The number of H-pyrrole nitrogens is 1. The summed E-state index contributed by atoms with van der Waals surface area (Å²) in [5, 5.41) is 9.54. The summed E-state index contributed by atoms with van der Waals surface area (Å²) in [6, 6.07) is 9.43. The lowest BCUT2D eigenvalue weighted by Gasteiger charge is -2.13. The summed E-state index contributed by atoms with van der Waals surface area (Å²) in [6.07, 6.45) is 2.30. The van der Waals surface area contributed by atoms with Crippen LogP contribution in [0, 0.1) is 6.92 Å². The van der Waals surface area contributed by atoms with Gasteiger partial charge in [-0.15, -0.1) is 0 Å². The van der Waals surface area contributed by atoms with Crippen LogP contribution in [0.4, 0.5) is 0 Å². The molecule has 0 bridgehead atoms. The highest BCUT2D eigenvalue weighted by atomic mass is 16.4.